The van der Waals surface area contributed by atoms with Crippen LogP contribution in [0.2, 0.25) is 0 Å². The summed E-state index contributed by atoms with van der Waals surface area (Å²) in [7, 11) is 5.43. The minimum Gasteiger partial charge on any atom is -0.497 e. The lowest BCUT2D eigenvalue weighted by Crippen LogP contribution is -2.29. The van der Waals surface area contributed by atoms with Gasteiger partial charge in [-0.3, -0.25) is 14.5 Å². The zero-order chi connectivity index (χ0) is 27.5. The molecule has 202 valence electrons. The van der Waals surface area contributed by atoms with Crippen LogP contribution >= 0.6 is 24.0 Å². The molecule has 1 N–H and O–H groups in total. The Morgan fingerprint density at radius 3 is 2.42 bits per heavy atom. The fraction of sp³-hybridized carbons (Fsp3) is 0.357. The molecule has 0 radical (unpaired) electrons. The summed E-state index contributed by atoms with van der Waals surface area (Å²) >= 11 is 6.72. The molecule has 1 fully saturated rings. The molecule has 0 aliphatic carbocycles. The lowest BCUT2D eigenvalue weighted by Gasteiger charge is -2.14. The predicted octanol–water partition coefficient (Wildman–Crippen LogP) is 4.81. The molecular weight excluding hydrogens is 522 g/mol. The molecular formula is C28H33N3O5S2. The number of ether oxygens (including phenoxy) is 2. The molecule has 2 aromatic carbocycles. The van der Waals surface area contributed by atoms with E-state index in [1.165, 1.54) is 11.8 Å². The van der Waals surface area contributed by atoms with Crippen molar-refractivity contribution >= 4 is 57.8 Å². The number of carbonyl (C=O) groups excluding carboxylic acids is 3. The first-order chi connectivity index (χ1) is 18.3. The van der Waals surface area contributed by atoms with E-state index in [0.717, 1.165) is 24.2 Å². The Labute approximate surface area is 233 Å². The molecule has 2 amide bonds. The number of nitrogens with one attached hydrogen (secondary N) is 1. The lowest BCUT2D eigenvalue weighted by atomic mass is 10.1. The van der Waals surface area contributed by atoms with Gasteiger partial charge in [-0.05, 0) is 75.0 Å². The van der Waals surface area contributed by atoms with Crippen molar-refractivity contribution in [1.29, 1.82) is 0 Å². The number of carbonyl (C=O) groups is 3. The van der Waals surface area contributed by atoms with Gasteiger partial charge in [-0.1, -0.05) is 42.5 Å². The fourth-order valence-electron chi connectivity index (χ4n) is 3.59. The van der Waals surface area contributed by atoms with Crippen LogP contribution in [0.3, 0.4) is 0 Å². The highest BCUT2D eigenvalue weighted by molar-refractivity contribution is 8.26. The molecule has 38 heavy (non-hydrogen) atoms. The molecule has 0 spiro atoms. The normalized spacial score (nSPS) is 14.3. The molecule has 10 heteroatoms. The van der Waals surface area contributed by atoms with Crippen LogP contribution in [0.4, 0.5) is 5.69 Å². The van der Waals surface area contributed by atoms with Crippen LogP contribution in [-0.4, -0.2) is 72.8 Å². The van der Waals surface area contributed by atoms with Crippen LogP contribution in [0.25, 0.3) is 6.08 Å². The summed E-state index contributed by atoms with van der Waals surface area (Å²) in [6, 6.07) is 14.1. The zero-order valence-electron chi connectivity index (χ0n) is 21.9. The fourth-order valence-corrected chi connectivity index (χ4v) is 4.90. The van der Waals surface area contributed by atoms with Crippen molar-refractivity contribution in [2.24, 2.45) is 0 Å². The number of hydrogen-bond acceptors (Lipinski definition) is 8. The SMILES string of the molecule is COc1ccc(/C=C2\SC(=S)N(CCCCCC(=O)Nc3ccc(C(=O)OCCN(C)C)cc3)C2=O)cc1. The van der Waals surface area contributed by atoms with Crippen molar-refractivity contribution in [3.05, 3.63) is 64.6 Å². The van der Waals surface area contributed by atoms with Gasteiger partial charge in [0, 0.05) is 25.2 Å². The Morgan fingerprint density at radius 2 is 1.76 bits per heavy atom. The summed E-state index contributed by atoms with van der Waals surface area (Å²) in [4.78, 5) is 41.3. The van der Waals surface area contributed by atoms with Gasteiger partial charge in [-0.15, -0.1) is 0 Å². The van der Waals surface area contributed by atoms with E-state index in [1.54, 1.807) is 36.3 Å². The first kappa shape index (κ1) is 29.3. The van der Waals surface area contributed by atoms with E-state index in [2.05, 4.69) is 5.32 Å². The summed E-state index contributed by atoms with van der Waals surface area (Å²) in [6.07, 6.45) is 4.44. The first-order valence-electron chi connectivity index (χ1n) is 12.4. The molecule has 0 bridgehead atoms. The smallest absolute Gasteiger partial charge is 0.338 e. The number of rotatable bonds is 13. The molecule has 1 saturated heterocycles. The second kappa shape index (κ2) is 14.7. The first-order valence-corrected chi connectivity index (χ1v) is 13.6. The molecule has 3 rings (SSSR count). The van der Waals surface area contributed by atoms with Crippen LogP contribution in [0.5, 0.6) is 5.75 Å². The van der Waals surface area contributed by atoms with Crippen molar-refractivity contribution in [2.75, 3.05) is 46.2 Å². The summed E-state index contributed by atoms with van der Waals surface area (Å²) in [6.45, 7) is 1.50. The number of likely N-dealkylation sites (N-methyl/N-ethyl adjacent to an activating group) is 1. The van der Waals surface area contributed by atoms with Crippen LogP contribution in [0, 0.1) is 0 Å². The quantitative estimate of drug-likeness (QED) is 0.163. The van der Waals surface area contributed by atoms with Crippen LogP contribution in [-0.2, 0) is 14.3 Å². The number of anilines is 1. The standard InChI is InChI=1S/C28H33N3O5S2/c1-30(2)17-18-36-27(34)21-10-12-22(13-11-21)29-25(32)7-5-4-6-16-31-26(33)24(38-28(31)37)19-20-8-14-23(35-3)15-9-20/h8-15,19H,4-7,16-18H2,1-3H3,(H,29,32)/b24-19-. The second-order valence-electron chi connectivity index (χ2n) is 8.98. The summed E-state index contributed by atoms with van der Waals surface area (Å²) < 4.78 is 10.9. The maximum atomic E-state index is 12.8. The van der Waals surface area contributed by atoms with Crippen LogP contribution in [0.1, 0.15) is 41.6 Å². The van der Waals surface area contributed by atoms with Crippen molar-refractivity contribution in [3.8, 4) is 5.75 Å². The Hall–Kier alpha value is -3.21. The van der Waals surface area contributed by atoms with E-state index in [4.69, 9.17) is 21.7 Å². The Morgan fingerprint density at radius 1 is 1.05 bits per heavy atom. The molecule has 1 aliphatic rings. The van der Waals surface area contributed by atoms with Gasteiger partial charge < -0.3 is 19.7 Å². The number of thiocarbonyl (C=S) groups is 1. The van der Waals surface area contributed by atoms with E-state index in [1.807, 2.05) is 49.3 Å². The van der Waals surface area contributed by atoms with Gasteiger partial charge in [0.2, 0.25) is 5.91 Å². The highest BCUT2D eigenvalue weighted by Crippen LogP contribution is 2.33. The van der Waals surface area contributed by atoms with Gasteiger partial charge in [0.25, 0.3) is 5.91 Å². The number of benzene rings is 2. The molecule has 0 unspecified atom stereocenters. The van der Waals surface area contributed by atoms with Gasteiger partial charge in [0.15, 0.2) is 0 Å². The molecule has 0 aromatic heterocycles. The number of hydrogen-bond donors (Lipinski definition) is 1. The average Bonchev–Trinajstić information content (AvgIpc) is 3.16. The third-order valence-corrected chi connectivity index (χ3v) is 7.13. The Bertz CT molecular complexity index is 1160. The average molecular weight is 556 g/mol. The maximum Gasteiger partial charge on any atom is 0.338 e. The summed E-state index contributed by atoms with van der Waals surface area (Å²) in [5.74, 6) is 0.190. The summed E-state index contributed by atoms with van der Waals surface area (Å²) in [5, 5.41) is 2.85. The topological polar surface area (TPSA) is 88.2 Å². The van der Waals surface area contributed by atoms with Crippen molar-refractivity contribution in [2.45, 2.75) is 25.7 Å². The molecule has 1 aliphatic heterocycles. The maximum absolute atomic E-state index is 12.8. The van der Waals surface area contributed by atoms with Crippen molar-refractivity contribution in [3.63, 3.8) is 0 Å². The largest absolute Gasteiger partial charge is 0.497 e. The van der Waals surface area contributed by atoms with E-state index in [0.29, 0.717) is 53.0 Å². The number of nitrogens with zero attached hydrogens (tertiary/aromatic N) is 2. The van der Waals surface area contributed by atoms with Gasteiger partial charge >= 0.3 is 5.97 Å². The van der Waals surface area contributed by atoms with E-state index < -0.39 is 0 Å². The number of methoxy groups -OCH3 is 1. The third-order valence-electron chi connectivity index (χ3n) is 5.75. The third kappa shape index (κ3) is 8.97. The predicted molar refractivity (Wildman–Crippen MR) is 155 cm³/mol. The van der Waals surface area contributed by atoms with Crippen LogP contribution in [0.15, 0.2) is 53.4 Å². The van der Waals surface area contributed by atoms with Gasteiger partial charge in [0.05, 0.1) is 17.6 Å². The van der Waals surface area contributed by atoms with Gasteiger partial charge in [0.1, 0.15) is 16.7 Å². The molecule has 0 atom stereocenters. The minimum absolute atomic E-state index is 0.0846. The highest BCUT2D eigenvalue weighted by Gasteiger charge is 2.31. The summed E-state index contributed by atoms with van der Waals surface area (Å²) in [5.41, 5.74) is 1.98. The Kier molecular flexibility index (Phi) is 11.3. The Balaban J connectivity index is 1.36. The number of unbranched alkanes of at least 4 members (excludes halogenated alkanes) is 2. The lowest BCUT2D eigenvalue weighted by molar-refractivity contribution is -0.122. The van der Waals surface area contributed by atoms with E-state index in [-0.39, 0.29) is 17.8 Å². The van der Waals surface area contributed by atoms with Gasteiger partial charge in [-0.2, -0.15) is 0 Å². The van der Waals surface area contributed by atoms with Crippen molar-refractivity contribution < 1.29 is 23.9 Å². The minimum atomic E-state index is -0.387. The number of thioether (sulfide) groups is 1. The second-order valence-corrected chi connectivity index (χ2v) is 10.7. The number of esters is 1. The zero-order valence-corrected chi connectivity index (χ0v) is 23.5. The molecule has 8 nitrogen and oxygen atoms in total. The van der Waals surface area contributed by atoms with Crippen LogP contribution < -0.4 is 10.1 Å². The highest BCUT2D eigenvalue weighted by atomic mass is 32.2. The monoisotopic (exact) mass is 555 g/mol. The van der Waals surface area contributed by atoms with E-state index >= 15 is 0 Å². The molecule has 0 saturated carbocycles. The van der Waals surface area contributed by atoms with Gasteiger partial charge in [-0.25, -0.2) is 4.79 Å². The molecule has 1 heterocycles. The van der Waals surface area contributed by atoms with Crippen molar-refractivity contribution in [1.82, 2.24) is 9.80 Å². The number of amides is 2. The van der Waals surface area contributed by atoms with E-state index in [9.17, 15) is 14.4 Å². The molecule has 2 aromatic rings.